The molecule has 0 aliphatic carbocycles. The van der Waals surface area contributed by atoms with Crippen LogP contribution in [-0.4, -0.2) is 61.6 Å². The molecule has 33 heavy (non-hydrogen) atoms. The fraction of sp³-hybridized carbons (Fsp3) is 0.333. The average molecular weight is 446 g/mol. The molecule has 1 aliphatic rings. The van der Waals surface area contributed by atoms with Gasteiger partial charge >= 0.3 is 0 Å². The molecule has 0 spiro atoms. The molecular formula is C27H31N3O3. The predicted octanol–water partition coefficient (Wildman–Crippen LogP) is 3.90. The third-order valence-electron chi connectivity index (χ3n) is 6.24. The van der Waals surface area contributed by atoms with Crippen LogP contribution in [0.2, 0.25) is 0 Å². The van der Waals surface area contributed by atoms with Crippen LogP contribution in [-0.2, 0) is 17.8 Å². The van der Waals surface area contributed by atoms with Gasteiger partial charge in [-0.15, -0.1) is 0 Å². The summed E-state index contributed by atoms with van der Waals surface area (Å²) in [5.74, 6) is 1.56. The molecule has 6 heteroatoms. The number of benzene rings is 2. The smallest absolute Gasteiger partial charge is 0.227 e. The maximum atomic E-state index is 13.2. The van der Waals surface area contributed by atoms with E-state index in [1.165, 1.54) is 0 Å². The second-order valence-corrected chi connectivity index (χ2v) is 8.49. The highest BCUT2D eigenvalue weighted by Crippen LogP contribution is 2.32. The van der Waals surface area contributed by atoms with Crippen molar-refractivity contribution in [2.45, 2.75) is 13.0 Å². The van der Waals surface area contributed by atoms with E-state index in [0.29, 0.717) is 26.1 Å². The molecule has 1 aliphatic heterocycles. The average Bonchev–Trinajstić information content (AvgIpc) is 2.98. The van der Waals surface area contributed by atoms with Crippen LogP contribution in [0.1, 0.15) is 11.1 Å². The van der Waals surface area contributed by atoms with Crippen molar-refractivity contribution >= 4 is 5.91 Å². The van der Waals surface area contributed by atoms with Crippen LogP contribution in [0.3, 0.4) is 0 Å². The summed E-state index contributed by atoms with van der Waals surface area (Å²) in [6.45, 7) is 2.92. The highest BCUT2D eigenvalue weighted by molar-refractivity contribution is 5.79. The fourth-order valence-electron chi connectivity index (χ4n) is 4.50. The first-order valence-corrected chi connectivity index (χ1v) is 11.3. The summed E-state index contributed by atoms with van der Waals surface area (Å²) in [7, 11) is 5.22. The van der Waals surface area contributed by atoms with E-state index in [1.54, 1.807) is 20.4 Å². The van der Waals surface area contributed by atoms with Gasteiger partial charge in [-0.1, -0.05) is 42.5 Å². The van der Waals surface area contributed by atoms with E-state index in [9.17, 15) is 4.79 Å². The molecule has 1 fully saturated rings. The molecule has 0 saturated carbocycles. The van der Waals surface area contributed by atoms with E-state index >= 15 is 0 Å². The van der Waals surface area contributed by atoms with Crippen molar-refractivity contribution in [2.75, 3.05) is 40.9 Å². The van der Waals surface area contributed by atoms with E-state index in [1.807, 2.05) is 36.3 Å². The molecule has 2 heterocycles. The van der Waals surface area contributed by atoms with Crippen LogP contribution in [0.5, 0.6) is 11.5 Å². The zero-order valence-electron chi connectivity index (χ0n) is 19.5. The Bertz CT molecular complexity index is 1090. The highest BCUT2D eigenvalue weighted by atomic mass is 16.5. The Morgan fingerprint density at radius 3 is 2.58 bits per heavy atom. The Kier molecular flexibility index (Phi) is 7.25. The summed E-state index contributed by atoms with van der Waals surface area (Å²) in [5.41, 5.74) is 4.42. The largest absolute Gasteiger partial charge is 0.493 e. The monoisotopic (exact) mass is 445 g/mol. The molecular weight excluding hydrogens is 414 g/mol. The fourth-order valence-corrected chi connectivity index (χ4v) is 4.50. The number of hydrogen-bond acceptors (Lipinski definition) is 5. The lowest BCUT2D eigenvalue weighted by Crippen LogP contribution is -2.34. The SMILES string of the molecule is COc1cccc(CN2CCN(C)C(=O)C(Cc3cccc(-c4cccnc4)c3)C2)c1OC. The number of hydrogen-bond donors (Lipinski definition) is 0. The van der Waals surface area contributed by atoms with Crippen LogP contribution in [0, 0.1) is 5.92 Å². The Balaban J connectivity index is 1.54. The summed E-state index contributed by atoms with van der Waals surface area (Å²) in [6.07, 6.45) is 4.34. The number of ether oxygens (including phenoxy) is 2. The van der Waals surface area contributed by atoms with E-state index < -0.39 is 0 Å². The molecule has 2 aromatic carbocycles. The standard InChI is InChI=1S/C27H31N3O3/c1-29-13-14-30(18-23-9-5-11-25(32-2)26(23)33-3)19-24(27(29)31)16-20-7-4-8-21(15-20)22-10-6-12-28-17-22/h4-12,15,17,24H,13-14,16,18-19H2,1-3H3. The van der Waals surface area contributed by atoms with Gasteiger partial charge in [0.2, 0.25) is 5.91 Å². The minimum Gasteiger partial charge on any atom is -0.493 e. The first-order valence-electron chi connectivity index (χ1n) is 11.3. The number of methoxy groups -OCH3 is 2. The second-order valence-electron chi connectivity index (χ2n) is 8.49. The Hall–Kier alpha value is -3.38. The van der Waals surface area contributed by atoms with Gasteiger partial charge in [0.15, 0.2) is 11.5 Å². The Labute approximate surface area is 195 Å². The van der Waals surface area contributed by atoms with Crippen LogP contribution < -0.4 is 9.47 Å². The summed E-state index contributed by atoms with van der Waals surface area (Å²) in [5, 5.41) is 0. The molecule has 1 amide bonds. The first kappa shape index (κ1) is 22.8. The number of aromatic nitrogens is 1. The number of rotatable bonds is 7. The molecule has 0 radical (unpaired) electrons. The molecule has 1 atom stereocenters. The lowest BCUT2D eigenvalue weighted by molar-refractivity contribution is -0.133. The predicted molar refractivity (Wildman–Crippen MR) is 129 cm³/mol. The molecule has 1 aromatic heterocycles. The van der Waals surface area contributed by atoms with Crippen LogP contribution in [0.4, 0.5) is 0 Å². The van der Waals surface area contributed by atoms with Gasteiger partial charge < -0.3 is 14.4 Å². The van der Waals surface area contributed by atoms with Crippen molar-refractivity contribution in [2.24, 2.45) is 5.92 Å². The Morgan fingerprint density at radius 1 is 1.00 bits per heavy atom. The maximum Gasteiger partial charge on any atom is 0.227 e. The number of amides is 1. The molecule has 6 nitrogen and oxygen atoms in total. The van der Waals surface area contributed by atoms with E-state index in [4.69, 9.17) is 9.47 Å². The van der Waals surface area contributed by atoms with Crippen LogP contribution >= 0.6 is 0 Å². The van der Waals surface area contributed by atoms with Crippen molar-refractivity contribution < 1.29 is 14.3 Å². The van der Waals surface area contributed by atoms with Crippen molar-refractivity contribution in [3.8, 4) is 22.6 Å². The third kappa shape index (κ3) is 5.34. The van der Waals surface area contributed by atoms with E-state index in [-0.39, 0.29) is 11.8 Å². The molecule has 0 N–H and O–H groups in total. The normalized spacial score (nSPS) is 17.0. The minimum absolute atomic E-state index is 0.113. The summed E-state index contributed by atoms with van der Waals surface area (Å²) < 4.78 is 11.1. The Morgan fingerprint density at radius 2 is 1.82 bits per heavy atom. The van der Waals surface area contributed by atoms with Crippen molar-refractivity contribution in [1.29, 1.82) is 0 Å². The highest BCUT2D eigenvalue weighted by Gasteiger charge is 2.29. The van der Waals surface area contributed by atoms with Gasteiger partial charge in [-0.3, -0.25) is 14.7 Å². The zero-order valence-corrected chi connectivity index (χ0v) is 19.5. The van der Waals surface area contributed by atoms with Gasteiger partial charge in [0.05, 0.1) is 20.1 Å². The molecule has 3 aromatic rings. The topological polar surface area (TPSA) is 54.9 Å². The molecule has 0 bridgehead atoms. The number of carbonyl (C=O) groups is 1. The zero-order chi connectivity index (χ0) is 23.2. The second kappa shape index (κ2) is 10.5. The molecule has 172 valence electrons. The quantitative estimate of drug-likeness (QED) is 0.552. The molecule has 4 rings (SSSR count). The van der Waals surface area contributed by atoms with Gasteiger partial charge in [0, 0.05) is 51.2 Å². The van der Waals surface area contributed by atoms with Gasteiger partial charge in [0.1, 0.15) is 0 Å². The third-order valence-corrected chi connectivity index (χ3v) is 6.24. The number of nitrogens with zero attached hydrogens (tertiary/aromatic N) is 3. The lowest BCUT2D eigenvalue weighted by Gasteiger charge is -2.24. The lowest BCUT2D eigenvalue weighted by atomic mass is 9.95. The van der Waals surface area contributed by atoms with Crippen molar-refractivity contribution in [1.82, 2.24) is 14.8 Å². The summed E-state index contributed by atoms with van der Waals surface area (Å²) in [6, 6.07) is 18.4. The first-order chi connectivity index (χ1) is 16.1. The van der Waals surface area contributed by atoms with Gasteiger partial charge in [-0.2, -0.15) is 0 Å². The van der Waals surface area contributed by atoms with Gasteiger partial charge in [0.25, 0.3) is 0 Å². The number of carbonyl (C=O) groups excluding carboxylic acids is 1. The van der Waals surface area contributed by atoms with Crippen molar-refractivity contribution in [3.63, 3.8) is 0 Å². The number of likely N-dealkylation sites (N-methyl/N-ethyl adjacent to an activating group) is 1. The van der Waals surface area contributed by atoms with E-state index in [0.717, 1.165) is 40.3 Å². The minimum atomic E-state index is -0.113. The van der Waals surface area contributed by atoms with E-state index in [2.05, 4.69) is 46.3 Å². The molecule has 1 saturated heterocycles. The summed E-state index contributed by atoms with van der Waals surface area (Å²) in [4.78, 5) is 21.6. The van der Waals surface area contributed by atoms with Crippen LogP contribution in [0.25, 0.3) is 11.1 Å². The maximum absolute atomic E-state index is 13.2. The number of pyridine rings is 1. The number of para-hydroxylation sites is 1. The van der Waals surface area contributed by atoms with Crippen LogP contribution in [0.15, 0.2) is 67.0 Å². The van der Waals surface area contributed by atoms with Gasteiger partial charge in [-0.05, 0) is 35.2 Å². The van der Waals surface area contributed by atoms with Crippen molar-refractivity contribution in [3.05, 3.63) is 78.1 Å². The summed E-state index contributed by atoms with van der Waals surface area (Å²) >= 11 is 0. The van der Waals surface area contributed by atoms with Gasteiger partial charge in [-0.25, -0.2) is 0 Å². The molecule has 1 unspecified atom stereocenters.